The van der Waals surface area contributed by atoms with Gasteiger partial charge < -0.3 is 29.0 Å². The van der Waals surface area contributed by atoms with Crippen LogP contribution in [-0.4, -0.2) is 46.1 Å². The topological polar surface area (TPSA) is 58.2 Å². The Morgan fingerprint density at radius 1 is 1.04 bits per heavy atom. The van der Waals surface area contributed by atoms with Crippen LogP contribution in [0.15, 0.2) is 42.5 Å². The molecule has 6 nitrogen and oxygen atoms in total. The van der Waals surface area contributed by atoms with E-state index in [1.54, 1.807) is 14.2 Å². The summed E-state index contributed by atoms with van der Waals surface area (Å²) in [5, 5.41) is 3.37. The zero-order valence-corrected chi connectivity index (χ0v) is 15.4. The first-order valence-corrected chi connectivity index (χ1v) is 8.68. The van der Waals surface area contributed by atoms with Crippen molar-refractivity contribution in [3.8, 4) is 28.7 Å². The van der Waals surface area contributed by atoms with Crippen molar-refractivity contribution in [2.45, 2.75) is 19.1 Å². The zero-order chi connectivity index (χ0) is 18.4. The average Bonchev–Trinajstić information content (AvgIpc) is 2.68. The van der Waals surface area contributed by atoms with E-state index < -0.39 is 0 Å². The van der Waals surface area contributed by atoms with Crippen molar-refractivity contribution >= 4 is 0 Å². The normalized spacial score (nSPS) is 16.7. The van der Waals surface area contributed by atoms with Gasteiger partial charge in [0.1, 0.15) is 18.8 Å². The van der Waals surface area contributed by atoms with E-state index in [0.29, 0.717) is 36.9 Å². The second kappa shape index (κ2) is 8.67. The summed E-state index contributed by atoms with van der Waals surface area (Å²) in [5.41, 5.74) is 0. The van der Waals surface area contributed by atoms with Crippen molar-refractivity contribution in [3.05, 3.63) is 42.5 Å². The molecule has 6 heteroatoms. The Bertz CT molecular complexity index is 699. The molecule has 26 heavy (non-hydrogen) atoms. The molecule has 140 valence electrons. The van der Waals surface area contributed by atoms with Gasteiger partial charge in [0.05, 0.1) is 14.2 Å². The lowest BCUT2D eigenvalue weighted by Crippen LogP contribution is -2.41. The Labute approximate surface area is 154 Å². The van der Waals surface area contributed by atoms with Crippen LogP contribution in [0.1, 0.15) is 6.92 Å². The summed E-state index contributed by atoms with van der Waals surface area (Å²) < 4.78 is 28.4. The van der Waals surface area contributed by atoms with Crippen molar-refractivity contribution < 1.29 is 23.7 Å². The number of nitrogens with one attached hydrogen (secondary N) is 1. The van der Waals surface area contributed by atoms with E-state index in [0.717, 1.165) is 11.5 Å². The molecule has 2 atom stereocenters. The molecular formula is C20H25NO5. The summed E-state index contributed by atoms with van der Waals surface area (Å²) in [7, 11) is 3.23. The van der Waals surface area contributed by atoms with Gasteiger partial charge in [0.15, 0.2) is 23.0 Å². The molecule has 1 N–H and O–H groups in total. The monoisotopic (exact) mass is 359 g/mol. The van der Waals surface area contributed by atoms with E-state index in [1.165, 1.54) is 0 Å². The standard InChI is InChI=1S/C20H25NO5/c1-14(25-20-18(22-2)9-6-10-19(20)23-3)11-21-12-15-13-24-16-7-4-5-8-17(16)26-15/h4-10,14-15,21H,11-13H2,1-3H3/t14-,15+/m1/s1. The molecule has 0 saturated heterocycles. The maximum Gasteiger partial charge on any atom is 0.203 e. The fourth-order valence-corrected chi connectivity index (χ4v) is 2.79. The first-order chi connectivity index (χ1) is 12.7. The van der Waals surface area contributed by atoms with Gasteiger partial charge in [0, 0.05) is 13.1 Å². The summed E-state index contributed by atoms with van der Waals surface area (Å²) >= 11 is 0. The molecular weight excluding hydrogens is 334 g/mol. The number of ether oxygens (including phenoxy) is 5. The molecule has 0 bridgehead atoms. The second-order valence-corrected chi connectivity index (χ2v) is 6.08. The Morgan fingerprint density at radius 2 is 1.73 bits per heavy atom. The maximum absolute atomic E-state index is 6.02. The lowest BCUT2D eigenvalue weighted by atomic mass is 10.2. The predicted molar refractivity (Wildman–Crippen MR) is 98.9 cm³/mol. The summed E-state index contributed by atoms with van der Waals surface area (Å²) in [6, 6.07) is 13.3. The number of fused-ring (bicyclic) bond motifs is 1. The van der Waals surface area contributed by atoms with Gasteiger partial charge in [-0.05, 0) is 31.2 Å². The highest BCUT2D eigenvalue weighted by atomic mass is 16.6. The molecule has 0 radical (unpaired) electrons. The highest BCUT2D eigenvalue weighted by molar-refractivity contribution is 5.51. The number of rotatable bonds is 8. The summed E-state index contributed by atoms with van der Waals surface area (Å²) in [6.07, 6.45) is -0.102. The van der Waals surface area contributed by atoms with E-state index in [-0.39, 0.29) is 12.2 Å². The molecule has 0 aromatic heterocycles. The minimum atomic E-state index is -0.0722. The lowest BCUT2D eigenvalue weighted by molar-refractivity contribution is 0.0876. The molecule has 3 rings (SSSR count). The van der Waals surface area contributed by atoms with Gasteiger partial charge in [-0.3, -0.25) is 0 Å². The number of hydrogen-bond acceptors (Lipinski definition) is 6. The molecule has 0 fully saturated rings. The third kappa shape index (κ3) is 4.32. The third-order valence-electron chi connectivity index (χ3n) is 4.07. The largest absolute Gasteiger partial charge is 0.493 e. The first-order valence-electron chi connectivity index (χ1n) is 8.68. The molecule has 0 spiro atoms. The van der Waals surface area contributed by atoms with E-state index in [9.17, 15) is 0 Å². The summed E-state index contributed by atoms with van der Waals surface area (Å²) in [4.78, 5) is 0. The van der Waals surface area contributed by atoms with Crippen molar-refractivity contribution in [2.24, 2.45) is 0 Å². The predicted octanol–water partition coefficient (Wildman–Crippen LogP) is 2.90. The van der Waals surface area contributed by atoms with E-state index in [1.807, 2.05) is 49.4 Å². The highest BCUT2D eigenvalue weighted by Crippen LogP contribution is 2.37. The minimum absolute atomic E-state index is 0.0297. The van der Waals surface area contributed by atoms with Crippen molar-refractivity contribution in [1.82, 2.24) is 5.32 Å². The van der Waals surface area contributed by atoms with E-state index >= 15 is 0 Å². The number of methoxy groups -OCH3 is 2. The summed E-state index contributed by atoms with van der Waals surface area (Å²) in [5.74, 6) is 3.49. The SMILES string of the molecule is COc1cccc(OC)c1O[C@H](C)CNC[C@H]1COc2ccccc2O1. The van der Waals surface area contributed by atoms with Gasteiger partial charge in [-0.25, -0.2) is 0 Å². The Kier molecular flexibility index (Phi) is 6.07. The van der Waals surface area contributed by atoms with Crippen LogP contribution in [-0.2, 0) is 0 Å². The fourth-order valence-electron chi connectivity index (χ4n) is 2.79. The van der Waals surface area contributed by atoms with Crippen LogP contribution >= 0.6 is 0 Å². The van der Waals surface area contributed by atoms with Crippen LogP contribution in [0.4, 0.5) is 0 Å². The molecule has 0 aliphatic carbocycles. The molecule has 1 heterocycles. The molecule has 2 aromatic carbocycles. The van der Waals surface area contributed by atoms with Gasteiger partial charge in [0.25, 0.3) is 0 Å². The third-order valence-corrected chi connectivity index (χ3v) is 4.07. The number of benzene rings is 2. The van der Waals surface area contributed by atoms with E-state index in [4.69, 9.17) is 23.7 Å². The lowest BCUT2D eigenvalue weighted by Gasteiger charge is -2.27. The van der Waals surface area contributed by atoms with Gasteiger partial charge in [-0.15, -0.1) is 0 Å². The number of hydrogen-bond donors (Lipinski definition) is 1. The van der Waals surface area contributed by atoms with Crippen molar-refractivity contribution in [2.75, 3.05) is 33.9 Å². The Morgan fingerprint density at radius 3 is 2.42 bits per heavy atom. The maximum atomic E-state index is 6.02. The second-order valence-electron chi connectivity index (χ2n) is 6.08. The van der Waals surface area contributed by atoms with Gasteiger partial charge >= 0.3 is 0 Å². The summed E-state index contributed by atoms with van der Waals surface area (Å²) in [6.45, 7) is 3.85. The molecule has 0 amide bonds. The van der Waals surface area contributed by atoms with Crippen LogP contribution in [0.3, 0.4) is 0 Å². The minimum Gasteiger partial charge on any atom is -0.493 e. The smallest absolute Gasteiger partial charge is 0.203 e. The average molecular weight is 359 g/mol. The molecule has 1 aliphatic rings. The molecule has 0 unspecified atom stereocenters. The van der Waals surface area contributed by atoms with Crippen molar-refractivity contribution in [3.63, 3.8) is 0 Å². The van der Waals surface area contributed by atoms with Gasteiger partial charge in [0.2, 0.25) is 5.75 Å². The molecule has 0 saturated carbocycles. The fraction of sp³-hybridized carbons (Fsp3) is 0.400. The Hall–Kier alpha value is -2.60. The number of para-hydroxylation sites is 3. The van der Waals surface area contributed by atoms with Crippen LogP contribution in [0, 0.1) is 0 Å². The highest BCUT2D eigenvalue weighted by Gasteiger charge is 2.21. The van der Waals surface area contributed by atoms with Crippen LogP contribution in [0.5, 0.6) is 28.7 Å². The van der Waals surface area contributed by atoms with Crippen molar-refractivity contribution in [1.29, 1.82) is 0 Å². The first kappa shape index (κ1) is 18.2. The quantitative estimate of drug-likeness (QED) is 0.782. The van der Waals surface area contributed by atoms with Crippen LogP contribution < -0.4 is 29.0 Å². The zero-order valence-electron chi connectivity index (χ0n) is 15.4. The van der Waals surface area contributed by atoms with E-state index in [2.05, 4.69) is 5.32 Å². The van der Waals surface area contributed by atoms with Gasteiger partial charge in [-0.1, -0.05) is 18.2 Å². The Balaban J connectivity index is 1.49. The molecule has 2 aromatic rings. The van der Waals surface area contributed by atoms with Crippen LogP contribution in [0.25, 0.3) is 0 Å². The van der Waals surface area contributed by atoms with Gasteiger partial charge in [-0.2, -0.15) is 0 Å². The molecule has 1 aliphatic heterocycles. The van der Waals surface area contributed by atoms with Crippen LogP contribution in [0.2, 0.25) is 0 Å².